The van der Waals surface area contributed by atoms with Gasteiger partial charge >= 0.3 is 6.03 Å². The first-order valence-electron chi connectivity index (χ1n) is 5.87. The number of hydrogen-bond acceptors (Lipinski definition) is 3. The van der Waals surface area contributed by atoms with Gasteiger partial charge in [-0.15, -0.1) is 0 Å². The molecule has 17 heavy (non-hydrogen) atoms. The van der Waals surface area contributed by atoms with Crippen molar-refractivity contribution >= 4 is 6.03 Å². The first kappa shape index (κ1) is 11.9. The van der Waals surface area contributed by atoms with Gasteiger partial charge in [-0.1, -0.05) is 6.07 Å². The summed E-state index contributed by atoms with van der Waals surface area (Å²) in [4.78, 5) is 15.5. The van der Waals surface area contributed by atoms with Crippen LogP contribution < -0.4 is 10.6 Å². The topological polar surface area (TPSA) is 63.2 Å². The number of aromatic nitrogens is 1. The van der Waals surface area contributed by atoms with Crippen molar-refractivity contribution in [3.8, 4) is 0 Å². The fraction of sp³-hybridized carbons (Fsp3) is 0.500. The molecule has 1 fully saturated rings. The molecule has 1 atom stereocenters. The first-order chi connectivity index (χ1) is 8.34. The van der Waals surface area contributed by atoms with Crippen LogP contribution in [0.3, 0.4) is 0 Å². The Kier molecular flexibility index (Phi) is 4.32. The number of pyridine rings is 1. The first-order valence-corrected chi connectivity index (χ1v) is 5.87. The Balaban J connectivity index is 1.64. The highest BCUT2D eigenvalue weighted by Crippen LogP contribution is 2.10. The molecule has 0 radical (unpaired) electrons. The van der Waals surface area contributed by atoms with E-state index in [1.165, 1.54) is 0 Å². The Bertz CT molecular complexity index is 350. The highest BCUT2D eigenvalue weighted by molar-refractivity contribution is 5.73. The summed E-state index contributed by atoms with van der Waals surface area (Å²) in [5.41, 5.74) is 0.986. The summed E-state index contributed by atoms with van der Waals surface area (Å²) in [7, 11) is 0. The second-order valence-corrected chi connectivity index (χ2v) is 4.06. The van der Waals surface area contributed by atoms with Crippen molar-refractivity contribution in [1.29, 1.82) is 0 Å². The number of hydrogen-bond donors (Lipinski definition) is 2. The van der Waals surface area contributed by atoms with E-state index in [0.29, 0.717) is 13.1 Å². The van der Waals surface area contributed by atoms with Crippen molar-refractivity contribution < 1.29 is 9.53 Å². The molecule has 1 aromatic heterocycles. The molecule has 2 N–H and O–H groups in total. The number of amides is 2. The molecule has 1 aliphatic rings. The molecular formula is C12H17N3O2. The molecule has 0 aliphatic carbocycles. The van der Waals surface area contributed by atoms with E-state index in [4.69, 9.17) is 4.74 Å². The van der Waals surface area contributed by atoms with Gasteiger partial charge < -0.3 is 15.4 Å². The standard InChI is InChI=1S/C12H17N3O2/c16-12(15-9-11-4-2-6-17-11)14-8-10-3-1-5-13-7-10/h1,3,5,7,11H,2,4,6,8-9H2,(H2,14,15,16). The van der Waals surface area contributed by atoms with Crippen LogP contribution in [-0.2, 0) is 11.3 Å². The van der Waals surface area contributed by atoms with Gasteiger partial charge in [0, 0.05) is 32.1 Å². The SMILES string of the molecule is O=C(NCc1cccnc1)NCC1CCCO1. The molecular weight excluding hydrogens is 218 g/mol. The van der Waals surface area contributed by atoms with E-state index in [-0.39, 0.29) is 12.1 Å². The third kappa shape index (κ3) is 4.03. The molecule has 1 aromatic rings. The molecule has 92 valence electrons. The number of carbonyl (C=O) groups is 1. The quantitative estimate of drug-likeness (QED) is 0.820. The highest BCUT2D eigenvalue weighted by atomic mass is 16.5. The minimum absolute atomic E-state index is 0.163. The van der Waals surface area contributed by atoms with Crippen LogP contribution in [0.2, 0.25) is 0 Å². The lowest BCUT2D eigenvalue weighted by molar-refractivity contribution is 0.111. The maximum atomic E-state index is 11.5. The maximum absolute atomic E-state index is 11.5. The van der Waals surface area contributed by atoms with Gasteiger partial charge in [0.2, 0.25) is 0 Å². The Labute approximate surface area is 101 Å². The lowest BCUT2D eigenvalue weighted by Gasteiger charge is -2.11. The van der Waals surface area contributed by atoms with Gasteiger partial charge in [0.05, 0.1) is 6.10 Å². The van der Waals surface area contributed by atoms with Gasteiger partial charge in [-0.2, -0.15) is 0 Å². The molecule has 0 bridgehead atoms. The van der Waals surface area contributed by atoms with E-state index < -0.39 is 0 Å². The van der Waals surface area contributed by atoms with Crippen LogP contribution in [0.25, 0.3) is 0 Å². The average Bonchev–Trinajstić information content (AvgIpc) is 2.88. The Morgan fingerprint density at radius 1 is 1.53 bits per heavy atom. The summed E-state index contributed by atoms with van der Waals surface area (Å²) in [5, 5.41) is 5.58. The summed E-state index contributed by atoms with van der Waals surface area (Å²) in [5.74, 6) is 0. The smallest absolute Gasteiger partial charge is 0.315 e. The number of nitrogens with zero attached hydrogens (tertiary/aromatic N) is 1. The normalized spacial score (nSPS) is 18.9. The monoisotopic (exact) mass is 235 g/mol. The summed E-state index contributed by atoms with van der Waals surface area (Å²) in [6, 6.07) is 3.61. The van der Waals surface area contributed by atoms with E-state index in [1.54, 1.807) is 12.4 Å². The van der Waals surface area contributed by atoms with Crippen LogP contribution in [0.5, 0.6) is 0 Å². The zero-order chi connectivity index (χ0) is 11.9. The van der Waals surface area contributed by atoms with E-state index in [9.17, 15) is 4.79 Å². The Hall–Kier alpha value is -1.62. The van der Waals surface area contributed by atoms with Crippen molar-refractivity contribution in [2.24, 2.45) is 0 Å². The molecule has 2 amide bonds. The van der Waals surface area contributed by atoms with Crippen LogP contribution in [0.15, 0.2) is 24.5 Å². The van der Waals surface area contributed by atoms with Crippen LogP contribution in [0, 0.1) is 0 Å². The average molecular weight is 235 g/mol. The molecule has 0 spiro atoms. The van der Waals surface area contributed by atoms with Gasteiger partial charge in [0.1, 0.15) is 0 Å². The molecule has 1 unspecified atom stereocenters. The summed E-state index contributed by atoms with van der Waals surface area (Å²) < 4.78 is 5.41. The second kappa shape index (κ2) is 6.20. The Morgan fingerprint density at radius 3 is 3.18 bits per heavy atom. The van der Waals surface area contributed by atoms with Crippen LogP contribution in [0.1, 0.15) is 18.4 Å². The van der Waals surface area contributed by atoms with Crippen molar-refractivity contribution in [1.82, 2.24) is 15.6 Å². The third-order valence-electron chi connectivity index (χ3n) is 2.69. The molecule has 2 heterocycles. The Morgan fingerprint density at radius 2 is 2.47 bits per heavy atom. The van der Waals surface area contributed by atoms with E-state index >= 15 is 0 Å². The van der Waals surface area contributed by atoms with E-state index in [1.807, 2.05) is 12.1 Å². The number of nitrogens with one attached hydrogen (secondary N) is 2. The zero-order valence-corrected chi connectivity index (χ0v) is 9.69. The van der Waals surface area contributed by atoms with Crippen LogP contribution in [-0.4, -0.2) is 30.3 Å². The number of carbonyl (C=O) groups excluding carboxylic acids is 1. The molecule has 2 rings (SSSR count). The van der Waals surface area contributed by atoms with Gasteiger partial charge in [-0.25, -0.2) is 4.79 Å². The van der Waals surface area contributed by atoms with Gasteiger partial charge in [0.25, 0.3) is 0 Å². The molecule has 0 aromatic carbocycles. The minimum Gasteiger partial charge on any atom is -0.376 e. The van der Waals surface area contributed by atoms with Crippen molar-refractivity contribution in [3.05, 3.63) is 30.1 Å². The molecule has 1 saturated heterocycles. The van der Waals surface area contributed by atoms with Crippen LogP contribution >= 0.6 is 0 Å². The predicted molar refractivity (Wildman–Crippen MR) is 63.4 cm³/mol. The fourth-order valence-electron chi connectivity index (χ4n) is 1.76. The number of urea groups is 1. The summed E-state index contributed by atoms with van der Waals surface area (Å²) in [6.07, 6.45) is 5.74. The predicted octanol–water partition coefficient (Wildman–Crippen LogP) is 1.06. The molecule has 5 heteroatoms. The fourth-order valence-corrected chi connectivity index (χ4v) is 1.76. The van der Waals surface area contributed by atoms with E-state index in [2.05, 4.69) is 15.6 Å². The third-order valence-corrected chi connectivity index (χ3v) is 2.69. The summed E-state index contributed by atoms with van der Waals surface area (Å²) >= 11 is 0. The van der Waals surface area contributed by atoms with E-state index in [0.717, 1.165) is 25.0 Å². The second-order valence-electron chi connectivity index (χ2n) is 4.06. The van der Waals surface area contributed by atoms with Crippen molar-refractivity contribution in [2.75, 3.05) is 13.2 Å². The number of rotatable bonds is 4. The van der Waals surface area contributed by atoms with Gasteiger partial charge in [-0.05, 0) is 24.5 Å². The lowest BCUT2D eigenvalue weighted by atomic mass is 10.2. The van der Waals surface area contributed by atoms with Gasteiger partial charge in [0.15, 0.2) is 0 Å². The largest absolute Gasteiger partial charge is 0.376 e. The van der Waals surface area contributed by atoms with Crippen molar-refractivity contribution in [3.63, 3.8) is 0 Å². The maximum Gasteiger partial charge on any atom is 0.315 e. The van der Waals surface area contributed by atoms with Gasteiger partial charge in [-0.3, -0.25) is 4.98 Å². The molecule has 1 aliphatic heterocycles. The lowest BCUT2D eigenvalue weighted by Crippen LogP contribution is -2.39. The molecule has 0 saturated carbocycles. The van der Waals surface area contributed by atoms with Crippen LogP contribution in [0.4, 0.5) is 4.79 Å². The summed E-state index contributed by atoms with van der Waals surface area (Å²) in [6.45, 7) is 1.88. The molecule has 5 nitrogen and oxygen atoms in total. The minimum atomic E-state index is -0.163. The van der Waals surface area contributed by atoms with Crippen molar-refractivity contribution in [2.45, 2.75) is 25.5 Å². The number of ether oxygens (including phenoxy) is 1. The highest BCUT2D eigenvalue weighted by Gasteiger charge is 2.15. The zero-order valence-electron chi connectivity index (χ0n) is 9.69.